The first kappa shape index (κ1) is 20.1. The van der Waals surface area contributed by atoms with E-state index in [4.69, 9.17) is 0 Å². The Bertz CT molecular complexity index is 890. The Balaban J connectivity index is 1.47. The van der Waals surface area contributed by atoms with Crippen LogP contribution in [0.25, 0.3) is 0 Å². The Kier molecular flexibility index (Phi) is 6.35. The highest BCUT2D eigenvalue weighted by molar-refractivity contribution is 8.01. The molecule has 1 aromatic heterocycles. The van der Waals surface area contributed by atoms with E-state index in [1.165, 1.54) is 39.2 Å². The molecule has 27 heavy (non-hydrogen) atoms. The van der Waals surface area contributed by atoms with Gasteiger partial charge in [-0.1, -0.05) is 40.8 Å². The number of sulfonamides is 1. The molecular formula is C16H21N5O3S3. The average molecular weight is 428 g/mol. The summed E-state index contributed by atoms with van der Waals surface area (Å²) in [6.45, 7) is 3.56. The van der Waals surface area contributed by atoms with Gasteiger partial charge in [0.1, 0.15) is 0 Å². The van der Waals surface area contributed by atoms with Crippen LogP contribution in [0.2, 0.25) is 0 Å². The number of anilines is 2. The molecule has 0 saturated carbocycles. The Hall–Kier alpha value is -1.69. The van der Waals surface area contributed by atoms with Crippen LogP contribution in [0, 0.1) is 6.92 Å². The van der Waals surface area contributed by atoms with Crippen molar-refractivity contribution in [2.45, 2.75) is 11.3 Å². The van der Waals surface area contributed by atoms with Gasteiger partial charge in [0.15, 0.2) is 4.34 Å². The van der Waals surface area contributed by atoms with Gasteiger partial charge in [0, 0.05) is 31.9 Å². The maximum absolute atomic E-state index is 12.3. The molecule has 1 saturated heterocycles. The van der Waals surface area contributed by atoms with E-state index in [1.54, 1.807) is 4.90 Å². The third kappa shape index (κ3) is 5.64. The predicted octanol–water partition coefficient (Wildman–Crippen LogP) is 1.79. The number of nitrogens with zero attached hydrogens (tertiary/aromatic N) is 4. The van der Waals surface area contributed by atoms with E-state index >= 15 is 0 Å². The quantitative estimate of drug-likeness (QED) is 0.702. The van der Waals surface area contributed by atoms with Crippen LogP contribution in [0.4, 0.5) is 10.8 Å². The van der Waals surface area contributed by atoms with Crippen molar-refractivity contribution in [1.29, 1.82) is 0 Å². The van der Waals surface area contributed by atoms with Crippen molar-refractivity contribution < 1.29 is 13.2 Å². The lowest BCUT2D eigenvalue weighted by atomic mass is 10.2. The zero-order valence-corrected chi connectivity index (χ0v) is 17.5. The predicted molar refractivity (Wildman–Crippen MR) is 108 cm³/mol. The van der Waals surface area contributed by atoms with Crippen LogP contribution in [0.15, 0.2) is 28.6 Å². The number of aromatic nitrogens is 2. The molecule has 146 valence electrons. The molecule has 1 fully saturated rings. The number of aryl methyl sites for hydroxylation is 1. The fourth-order valence-corrected chi connectivity index (χ4v) is 5.06. The minimum atomic E-state index is -3.19. The highest BCUT2D eigenvalue weighted by Gasteiger charge is 2.26. The fraction of sp³-hybridized carbons (Fsp3) is 0.438. The van der Waals surface area contributed by atoms with Gasteiger partial charge in [-0.3, -0.25) is 4.79 Å². The summed E-state index contributed by atoms with van der Waals surface area (Å²) in [7, 11) is -3.19. The third-order valence-electron chi connectivity index (χ3n) is 4.09. The molecule has 1 N–H and O–H groups in total. The van der Waals surface area contributed by atoms with Crippen molar-refractivity contribution in [3.8, 4) is 0 Å². The van der Waals surface area contributed by atoms with Gasteiger partial charge in [-0.25, -0.2) is 8.42 Å². The summed E-state index contributed by atoms with van der Waals surface area (Å²) in [5.74, 6) is 0.245. The van der Waals surface area contributed by atoms with Gasteiger partial charge in [-0.2, -0.15) is 4.31 Å². The van der Waals surface area contributed by atoms with Crippen molar-refractivity contribution in [2.75, 3.05) is 43.5 Å². The van der Waals surface area contributed by atoms with E-state index in [0.29, 0.717) is 35.7 Å². The summed E-state index contributed by atoms with van der Waals surface area (Å²) in [6.07, 6.45) is 1.19. The second-order valence-electron chi connectivity index (χ2n) is 6.20. The number of piperazine rings is 1. The first-order chi connectivity index (χ1) is 12.8. The van der Waals surface area contributed by atoms with E-state index in [-0.39, 0.29) is 11.7 Å². The first-order valence-electron chi connectivity index (χ1n) is 8.34. The summed E-state index contributed by atoms with van der Waals surface area (Å²) >= 11 is 2.74. The highest BCUT2D eigenvalue weighted by atomic mass is 32.2. The maximum atomic E-state index is 12.3. The molecule has 1 amide bonds. The first-order valence-corrected chi connectivity index (χ1v) is 12.0. The molecule has 2 heterocycles. The van der Waals surface area contributed by atoms with E-state index in [1.807, 2.05) is 31.2 Å². The summed E-state index contributed by atoms with van der Waals surface area (Å²) in [6, 6.07) is 7.98. The van der Waals surface area contributed by atoms with E-state index < -0.39 is 10.0 Å². The van der Waals surface area contributed by atoms with Crippen molar-refractivity contribution in [3.05, 3.63) is 29.8 Å². The molecule has 0 aliphatic carbocycles. The van der Waals surface area contributed by atoms with E-state index in [9.17, 15) is 13.2 Å². The number of hydrogen-bond acceptors (Lipinski definition) is 8. The number of carbonyl (C=O) groups is 1. The number of rotatable bonds is 6. The highest BCUT2D eigenvalue weighted by Crippen LogP contribution is 2.28. The fourth-order valence-electron chi connectivity index (χ4n) is 2.56. The van der Waals surface area contributed by atoms with Crippen LogP contribution < -0.4 is 5.32 Å². The second kappa shape index (κ2) is 8.55. The van der Waals surface area contributed by atoms with Crippen LogP contribution in [0.1, 0.15) is 5.56 Å². The number of amides is 1. The lowest BCUT2D eigenvalue weighted by Crippen LogP contribution is -2.50. The second-order valence-corrected chi connectivity index (χ2v) is 10.4. The summed E-state index contributed by atoms with van der Waals surface area (Å²) in [4.78, 5) is 14.0. The zero-order chi connectivity index (χ0) is 19.4. The van der Waals surface area contributed by atoms with Gasteiger partial charge < -0.3 is 10.2 Å². The number of nitrogens with one attached hydrogen (secondary N) is 1. The molecule has 1 aliphatic rings. The Labute approximate surface area is 167 Å². The maximum Gasteiger partial charge on any atom is 0.233 e. The van der Waals surface area contributed by atoms with Crippen LogP contribution in [-0.2, 0) is 14.8 Å². The van der Waals surface area contributed by atoms with E-state index in [2.05, 4.69) is 15.5 Å². The summed E-state index contributed by atoms with van der Waals surface area (Å²) < 4.78 is 25.2. The normalized spacial score (nSPS) is 15.7. The Morgan fingerprint density at radius 3 is 2.48 bits per heavy atom. The third-order valence-corrected chi connectivity index (χ3v) is 7.35. The van der Waals surface area contributed by atoms with Crippen LogP contribution in [0.3, 0.4) is 0 Å². The molecule has 0 unspecified atom stereocenters. The number of hydrogen-bond donors (Lipinski definition) is 1. The largest absolute Gasteiger partial charge is 0.339 e. The topological polar surface area (TPSA) is 95.5 Å². The molecule has 3 rings (SSSR count). The standard InChI is InChI=1S/C16H21N5O3S3/c1-12-3-5-13(6-4-12)17-15-18-19-16(26-15)25-11-14(22)20-7-9-21(10-8-20)27(2,23)24/h3-6H,7-11H2,1-2H3,(H,17,18). The molecule has 0 radical (unpaired) electrons. The van der Waals surface area contributed by atoms with Gasteiger partial charge in [0.05, 0.1) is 12.0 Å². The SMILES string of the molecule is Cc1ccc(Nc2nnc(SCC(=O)N3CCN(S(C)(=O)=O)CC3)s2)cc1. The monoisotopic (exact) mass is 427 g/mol. The number of carbonyl (C=O) groups excluding carboxylic acids is 1. The molecule has 8 nitrogen and oxygen atoms in total. The number of benzene rings is 1. The lowest BCUT2D eigenvalue weighted by Gasteiger charge is -2.33. The van der Waals surface area contributed by atoms with Crippen LogP contribution in [0.5, 0.6) is 0 Å². The Morgan fingerprint density at radius 1 is 1.19 bits per heavy atom. The molecule has 0 bridgehead atoms. The zero-order valence-electron chi connectivity index (χ0n) is 15.1. The molecule has 1 aliphatic heterocycles. The number of thioether (sulfide) groups is 1. The van der Waals surface area contributed by atoms with Crippen molar-refractivity contribution in [3.63, 3.8) is 0 Å². The minimum absolute atomic E-state index is 0.0172. The van der Waals surface area contributed by atoms with Gasteiger partial charge in [0.25, 0.3) is 0 Å². The summed E-state index contributed by atoms with van der Waals surface area (Å²) in [5, 5.41) is 12.1. The average Bonchev–Trinajstić information content (AvgIpc) is 3.08. The van der Waals surface area contributed by atoms with Crippen molar-refractivity contribution >= 4 is 49.8 Å². The summed E-state index contributed by atoms with van der Waals surface area (Å²) in [5.41, 5.74) is 2.12. The van der Waals surface area contributed by atoms with Crippen molar-refractivity contribution in [1.82, 2.24) is 19.4 Å². The molecule has 11 heteroatoms. The van der Waals surface area contributed by atoms with Crippen molar-refractivity contribution in [2.24, 2.45) is 0 Å². The minimum Gasteiger partial charge on any atom is -0.339 e. The molecule has 0 spiro atoms. The smallest absolute Gasteiger partial charge is 0.233 e. The molecule has 1 aromatic carbocycles. The van der Waals surface area contributed by atoms with Gasteiger partial charge in [-0.15, -0.1) is 10.2 Å². The lowest BCUT2D eigenvalue weighted by molar-refractivity contribution is -0.129. The molecular weight excluding hydrogens is 406 g/mol. The van der Waals surface area contributed by atoms with Gasteiger partial charge in [0.2, 0.25) is 21.1 Å². The Morgan fingerprint density at radius 2 is 1.85 bits per heavy atom. The van der Waals surface area contributed by atoms with Gasteiger partial charge in [-0.05, 0) is 19.1 Å². The van der Waals surface area contributed by atoms with Crippen LogP contribution in [-0.4, -0.2) is 71.9 Å². The molecule has 2 aromatic rings. The van der Waals surface area contributed by atoms with Crippen LogP contribution >= 0.6 is 23.1 Å². The molecule has 0 atom stereocenters. The van der Waals surface area contributed by atoms with E-state index in [0.717, 1.165) is 5.69 Å². The van der Waals surface area contributed by atoms with Gasteiger partial charge >= 0.3 is 0 Å².